The van der Waals surface area contributed by atoms with E-state index in [4.69, 9.17) is 10.8 Å². The van der Waals surface area contributed by atoms with E-state index in [1.165, 1.54) is 0 Å². The molecule has 0 heterocycles. The van der Waals surface area contributed by atoms with Gasteiger partial charge in [-0.2, -0.15) is 0 Å². The first kappa shape index (κ1) is 13.4. The standard InChI is InChI=1S/C14H18N2O3/c15-13(17)9-4-6-11(7-5-9)16-8-10-2-1-3-12(10)14(18)19/h4-7,10,12,16H,1-3,8H2,(H2,15,17)(H,18,19). The van der Waals surface area contributed by atoms with E-state index in [1.807, 2.05) is 0 Å². The number of aliphatic carboxylic acids is 1. The second-order valence-electron chi connectivity index (χ2n) is 4.96. The normalized spacial score (nSPS) is 22.1. The van der Waals surface area contributed by atoms with Gasteiger partial charge in [-0.15, -0.1) is 0 Å². The summed E-state index contributed by atoms with van der Waals surface area (Å²) in [5.41, 5.74) is 6.51. The van der Waals surface area contributed by atoms with E-state index in [0.717, 1.165) is 24.9 Å². The Labute approximate surface area is 111 Å². The monoisotopic (exact) mass is 262 g/mol. The highest BCUT2D eigenvalue weighted by Crippen LogP contribution is 2.32. The lowest BCUT2D eigenvalue weighted by molar-refractivity contribution is -0.142. The molecule has 0 saturated heterocycles. The number of primary amides is 1. The number of carboxylic acid groups (broad SMARTS) is 1. The Hall–Kier alpha value is -2.04. The molecule has 5 nitrogen and oxygen atoms in total. The molecule has 0 radical (unpaired) electrons. The molecule has 1 fully saturated rings. The number of anilines is 1. The van der Waals surface area contributed by atoms with Crippen LogP contribution in [0.4, 0.5) is 5.69 Å². The molecule has 102 valence electrons. The second kappa shape index (κ2) is 5.73. The quantitative estimate of drug-likeness (QED) is 0.753. The van der Waals surface area contributed by atoms with Crippen molar-refractivity contribution < 1.29 is 14.7 Å². The predicted octanol–water partition coefficient (Wildman–Crippen LogP) is 1.70. The minimum atomic E-state index is -0.701. The fraction of sp³-hybridized carbons (Fsp3) is 0.429. The average molecular weight is 262 g/mol. The number of nitrogens with two attached hydrogens (primary N) is 1. The molecule has 5 heteroatoms. The van der Waals surface area contributed by atoms with Gasteiger partial charge in [-0.1, -0.05) is 6.42 Å². The number of benzene rings is 1. The van der Waals surface area contributed by atoms with E-state index in [-0.39, 0.29) is 11.8 Å². The first-order valence-electron chi connectivity index (χ1n) is 6.44. The summed E-state index contributed by atoms with van der Waals surface area (Å²) in [7, 11) is 0. The third-order valence-electron chi connectivity index (χ3n) is 3.71. The van der Waals surface area contributed by atoms with E-state index in [0.29, 0.717) is 12.1 Å². The molecule has 1 saturated carbocycles. The molecule has 2 rings (SSSR count). The largest absolute Gasteiger partial charge is 0.481 e. The summed E-state index contributed by atoms with van der Waals surface area (Å²) in [6, 6.07) is 6.89. The van der Waals surface area contributed by atoms with Crippen molar-refractivity contribution in [1.82, 2.24) is 0 Å². The molecule has 19 heavy (non-hydrogen) atoms. The summed E-state index contributed by atoms with van der Waals surface area (Å²) in [4.78, 5) is 22.0. The number of hydrogen-bond donors (Lipinski definition) is 3. The van der Waals surface area contributed by atoms with Crippen LogP contribution in [0, 0.1) is 11.8 Å². The second-order valence-corrected chi connectivity index (χ2v) is 4.96. The van der Waals surface area contributed by atoms with Crippen molar-refractivity contribution in [3.63, 3.8) is 0 Å². The van der Waals surface area contributed by atoms with Crippen LogP contribution in [0.1, 0.15) is 29.6 Å². The van der Waals surface area contributed by atoms with Crippen molar-refractivity contribution in [3.8, 4) is 0 Å². The number of carbonyl (C=O) groups is 2. The fourth-order valence-corrected chi connectivity index (χ4v) is 2.61. The van der Waals surface area contributed by atoms with Crippen molar-refractivity contribution in [1.29, 1.82) is 0 Å². The van der Waals surface area contributed by atoms with Gasteiger partial charge in [0, 0.05) is 17.8 Å². The molecule has 0 spiro atoms. The van der Waals surface area contributed by atoms with Gasteiger partial charge in [0.05, 0.1) is 5.92 Å². The molecule has 1 aliphatic rings. The van der Waals surface area contributed by atoms with Crippen LogP contribution >= 0.6 is 0 Å². The van der Waals surface area contributed by atoms with Crippen molar-refractivity contribution in [2.45, 2.75) is 19.3 Å². The molecule has 1 amide bonds. The third kappa shape index (κ3) is 3.24. The number of carbonyl (C=O) groups excluding carboxylic acids is 1. The lowest BCUT2D eigenvalue weighted by Gasteiger charge is -2.17. The van der Waals surface area contributed by atoms with Gasteiger partial charge in [0.2, 0.25) is 5.91 Å². The summed E-state index contributed by atoms with van der Waals surface area (Å²) in [6.07, 6.45) is 2.69. The minimum Gasteiger partial charge on any atom is -0.481 e. The minimum absolute atomic E-state index is 0.174. The molecule has 2 atom stereocenters. The number of rotatable bonds is 5. The summed E-state index contributed by atoms with van der Waals surface area (Å²) in [6.45, 7) is 0.646. The number of amides is 1. The molecule has 0 bridgehead atoms. The van der Waals surface area contributed by atoms with E-state index in [9.17, 15) is 9.59 Å². The van der Waals surface area contributed by atoms with E-state index in [1.54, 1.807) is 24.3 Å². The molecule has 1 aromatic rings. The van der Waals surface area contributed by atoms with Crippen molar-refractivity contribution in [2.24, 2.45) is 17.6 Å². The van der Waals surface area contributed by atoms with Crippen LogP contribution in [0.3, 0.4) is 0 Å². The van der Waals surface area contributed by atoms with Gasteiger partial charge in [0.15, 0.2) is 0 Å². The first-order valence-corrected chi connectivity index (χ1v) is 6.44. The fourth-order valence-electron chi connectivity index (χ4n) is 2.61. The van der Waals surface area contributed by atoms with Crippen LogP contribution in [0.5, 0.6) is 0 Å². The zero-order valence-corrected chi connectivity index (χ0v) is 10.6. The Morgan fingerprint density at radius 2 is 1.95 bits per heavy atom. The highest BCUT2D eigenvalue weighted by atomic mass is 16.4. The van der Waals surface area contributed by atoms with Gasteiger partial charge in [-0.25, -0.2) is 0 Å². The van der Waals surface area contributed by atoms with Gasteiger partial charge in [0.1, 0.15) is 0 Å². The SMILES string of the molecule is NC(=O)c1ccc(NCC2CCCC2C(=O)O)cc1. The van der Waals surface area contributed by atoms with Crippen LogP contribution < -0.4 is 11.1 Å². The Bertz CT molecular complexity index is 470. The lowest BCUT2D eigenvalue weighted by atomic mass is 9.96. The number of carboxylic acids is 1. The summed E-state index contributed by atoms with van der Waals surface area (Å²) in [5.74, 6) is -1.22. The van der Waals surface area contributed by atoms with Crippen LogP contribution in [0.25, 0.3) is 0 Å². The predicted molar refractivity (Wildman–Crippen MR) is 71.9 cm³/mol. The smallest absolute Gasteiger partial charge is 0.306 e. The Kier molecular flexibility index (Phi) is 4.04. The van der Waals surface area contributed by atoms with Crippen LogP contribution in [0.2, 0.25) is 0 Å². The highest BCUT2D eigenvalue weighted by Gasteiger charge is 2.32. The van der Waals surface area contributed by atoms with Gasteiger partial charge >= 0.3 is 5.97 Å². The van der Waals surface area contributed by atoms with Gasteiger partial charge in [0.25, 0.3) is 0 Å². The average Bonchev–Trinajstić information content (AvgIpc) is 2.85. The van der Waals surface area contributed by atoms with Crippen LogP contribution in [-0.4, -0.2) is 23.5 Å². The van der Waals surface area contributed by atoms with Crippen LogP contribution in [-0.2, 0) is 4.79 Å². The van der Waals surface area contributed by atoms with Crippen molar-refractivity contribution >= 4 is 17.6 Å². The molecule has 2 unspecified atom stereocenters. The van der Waals surface area contributed by atoms with Crippen LogP contribution in [0.15, 0.2) is 24.3 Å². The Balaban J connectivity index is 1.91. The van der Waals surface area contributed by atoms with Gasteiger partial charge < -0.3 is 16.2 Å². The maximum absolute atomic E-state index is 11.1. The topological polar surface area (TPSA) is 92.4 Å². The number of hydrogen-bond acceptors (Lipinski definition) is 3. The summed E-state index contributed by atoms with van der Waals surface area (Å²) >= 11 is 0. The van der Waals surface area contributed by atoms with Crippen molar-refractivity contribution in [3.05, 3.63) is 29.8 Å². The van der Waals surface area contributed by atoms with E-state index in [2.05, 4.69) is 5.32 Å². The summed E-state index contributed by atoms with van der Waals surface area (Å²) in [5, 5.41) is 12.3. The van der Waals surface area contributed by atoms with Crippen molar-refractivity contribution in [2.75, 3.05) is 11.9 Å². The van der Waals surface area contributed by atoms with Gasteiger partial charge in [-0.3, -0.25) is 9.59 Å². The zero-order valence-electron chi connectivity index (χ0n) is 10.6. The lowest BCUT2D eigenvalue weighted by Crippen LogP contribution is -2.24. The van der Waals surface area contributed by atoms with Gasteiger partial charge in [-0.05, 0) is 43.0 Å². The molecule has 4 N–H and O–H groups in total. The van der Waals surface area contributed by atoms with E-state index >= 15 is 0 Å². The first-order chi connectivity index (χ1) is 9.08. The molecular formula is C14H18N2O3. The Morgan fingerprint density at radius 3 is 2.53 bits per heavy atom. The summed E-state index contributed by atoms with van der Waals surface area (Å²) < 4.78 is 0. The molecule has 1 aliphatic carbocycles. The Morgan fingerprint density at radius 1 is 1.26 bits per heavy atom. The maximum Gasteiger partial charge on any atom is 0.306 e. The number of nitrogens with one attached hydrogen (secondary N) is 1. The molecular weight excluding hydrogens is 244 g/mol. The highest BCUT2D eigenvalue weighted by molar-refractivity contribution is 5.93. The molecule has 0 aliphatic heterocycles. The third-order valence-corrected chi connectivity index (χ3v) is 3.71. The maximum atomic E-state index is 11.1. The molecule has 0 aromatic heterocycles. The zero-order chi connectivity index (χ0) is 13.8. The van der Waals surface area contributed by atoms with E-state index < -0.39 is 11.9 Å². The molecule has 1 aromatic carbocycles.